The molecule has 0 saturated carbocycles. The lowest BCUT2D eigenvalue weighted by molar-refractivity contribution is -0.386. The van der Waals surface area contributed by atoms with Crippen molar-refractivity contribution in [3.8, 4) is 18.1 Å². The van der Waals surface area contributed by atoms with Crippen LogP contribution in [-0.2, 0) is 14.8 Å². The number of hydrogen-bond acceptors (Lipinski definition) is 6. The Morgan fingerprint density at radius 1 is 1.48 bits per heavy atom. The summed E-state index contributed by atoms with van der Waals surface area (Å²) in [6, 6.07) is 2.39. The fraction of sp³-hybridized carbons (Fsp3) is 0.182. The molecule has 0 amide bonds. The summed E-state index contributed by atoms with van der Waals surface area (Å²) in [4.78, 5) is 19.9. The van der Waals surface area contributed by atoms with Gasteiger partial charge in [0.25, 0.3) is 0 Å². The first-order valence-corrected chi connectivity index (χ1v) is 6.77. The number of nitrogens with zero attached hydrogens (tertiary/aromatic N) is 2. The number of carbonyl (C=O) groups is 1. The van der Waals surface area contributed by atoms with E-state index in [1.165, 1.54) is 0 Å². The van der Waals surface area contributed by atoms with Crippen LogP contribution >= 0.6 is 0 Å². The van der Waals surface area contributed by atoms with Gasteiger partial charge in [-0.1, -0.05) is 5.92 Å². The van der Waals surface area contributed by atoms with Crippen LogP contribution in [0.4, 0.5) is 5.69 Å². The van der Waals surface area contributed by atoms with E-state index >= 15 is 0 Å². The normalized spacial score (nSPS) is 11.0. The number of aromatic hydroxyl groups is 1. The summed E-state index contributed by atoms with van der Waals surface area (Å²) in [6.07, 6.45) is 4.98. The van der Waals surface area contributed by atoms with Crippen LogP contribution in [0.1, 0.15) is 0 Å². The summed E-state index contributed by atoms with van der Waals surface area (Å²) < 4.78 is 24.9. The maximum atomic E-state index is 12.2. The molecule has 0 atom stereocenters. The number of phenolic OH excluding ortho intramolecular Hbond substituents is 1. The van der Waals surface area contributed by atoms with Gasteiger partial charge >= 0.3 is 11.7 Å². The molecular weight excluding hydrogens is 304 g/mol. The molecule has 1 aromatic carbocycles. The SMILES string of the molecule is C#CCN(CC(=O)O)S(=O)(=O)c1ccc(O)c([N+](=O)[O-])c1. The number of rotatable bonds is 6. The molecule has 0 bridgehead atoms. The Balaban J connectivity index is 3.35. The average molecular weight is 314 g/mol. The van der Waals surface area contributed by atoms with Crippen molar-refractivity contribution in [1.29, 1.82) is 0 Å². The molecule has 10 heteroatoms. The van der Waals surface area contributed by atoms with Gasteiger partial charge in [0, 0.05) is 6.07 Å². The van der Waals surface area contributed by atoms with Crippen molar-refractivity contribution in [2.75, 3.05) is 13.1 Å². The summed E-state index contributed by atoms with van der Waals surface area (Å²) in [5.41, 5.74) is -0.813. The van der Waals surface area contributed by atoms with Crippen LogP contribution in [0.2, 0.25) is 0 Å². The zero-order valence-corrected chi connectivity index (χ0v) is 11.3. The number of aliphatic carboxylic acids is 1. The van der Waals surface area contributed by atoms with Crippen LogP contribution in [0.25, 0.3) is 0 Å². The molecule has 1 aromatic rings. The van der Waals surface area contributed by atoms with E-state index in [4.69, 9.17) is 11.5 Å². The number of hydrogen-bond donors (Lipinski definition) is 2. The molecule has 0 fully saturated rings. The third-order valence-electron chi connectivity index (χ3n) is 2.36. The molecule has 0 aliphatic heterocycles. The minimum atomic E-state index is -4.34. The van der Waals surface area contributed by atoms with Gasteiger partial charge in [0.05, 0.1) is 16.4 Å². The summed E-state index contributed by atoms with van der Waals surface area (Å²) in [6.45, 7) is -1.40. The van der Waals surface area contributed by atoms with Crippen molar-refractivity contribution in [3.05, 3.63) is 28.3 Å². The molecular formula is C11H10N2O7S. The maximum absolute atomic E-state index is 12.2. The largest absolute Gasteiger partial charge is 0.502 e. The Bertz CT molecular complexity index is 721. The van der Waals surface area contributed by atoms with Crippen molar-refractivity contribution in [2.45, 2.75) is 4.90 Å². The van der Waals surface area contributed by atoms with Crippen LogP contribution in [0.3, 0.4) is 0 Å². The number of nitro benzene ring substituents is 1. The second kappa shape index (κ2) is 6.21. The van der Waals surface area contributed by atoms with Crippen molar-refractivity contribution in [3.63, 3.8) is 0 Å². The Labute approximate surface area is 119 Å². The molecule has 0 spiro atoms. The first-order chi connectivity index (χ1) is 9.70. The van der Waals surface area contributed by atoms with E-state index in [-0.39, 0.29) is 0 Å². The quantitative estimate of drug-likeness (QED) is 0.428. The van der Waals surface area contributed by atoms with Gasteiger partial charge in [0.2, 0.25) is 10.0 Å². The van der Waals surface area contributed by atoms with Crippen LogP contribution in [0, 0.1) is 22.5 Å². The highest BCUT2D eigenvalue weighted by Gasteiger charge is 2.28. The second-order valence-electron chi connectivity index (χ2n) is 3.78. The first kappa shape index (κ1) is 16.4. The molecule has 112 valence electrons. The monoisotopic (exact) mass is 314 g/mol. The zero-order valence-electron chi connectivity index (χ0n) is 10.5. The van der Waals surface area contributed by atoms with Crippen molar-refractivity contribution in [2.24, 2.45) is 0 Å². The molecule has 9 nitrogen and oxygen atoms in total. The third kappa shape index (κ3) is 3.68. The Morgan fingerprint density at radius 3 is 2.57 bits per heavy atom. The lowest BCUT2D eigenvalue weighted by atomic mass is 10.3. The van der Waals surface area contributed by atoms with Gasteiger partial charge in [-0.3, -0.25) is 14.9 Å². The van der Waals surface area contributed by atoms with Crippen LogP contribution in [0.5, 0.6) is 5.75 Å². The Hall–Kier alpha value is -2.64. The summed E-state index contributed by atoms with van der Waals surface area (Å²) >= 11 is 0. The number of nitro groups is 1. The van der Waals surface area contributed by atoms with E-state index in [0.717, 1.165) is 12.1 Å². The predicted octanol–water partition coefficient (Wildman–Crippen LogP) is 0.00890. The maximum Gasteiger partial charge on any atom is 0.318 e. The molecule has 0 aliphatic carbocycles. The van der Waals surface area contributed by atoms with Gasteiger partial charge in [-0.25, -0.2) is 8.42 Å². The molecule has 0 unspecified atom stereocenters. The third-order valence-corrected chi connectivity index (χ3v) is 4.15. The van der Waals surface area contributed by atoms with Gasteiger partial charge in [-0.2, -0.15) is 4.31 Å². The number of benzene rings is 1. The number of carboxylic acids is 1. The van der Waals surface area contributed by atoms with Gasteiger partial charge in [0.15, 0.2) is 5.75 Å². The topological polar surface area (TPSA) is 138 Å². The fourth-order valence-electron chi connectivity index (χ4n) is 1.44. The second-order valence-corrected chi connectivity index (χ2v) is 5.72. The Morgan fingerprint density at radius 2 is 2.10 bits per heavy atom. The van der Waals surface area contributed by atoms with Gasteiger partial charge in [0.1, 0.15) is 6.54 Å². The van der Waals surface area contributed by atoms with Gasteiger partial charge in [-0.05, 0) is 12.1 Å². The number of sulfonamides is 1. The number of carboxylic acid groups (broad SMARTS) is 1. The zero-order chi connectivity index (χ0) is 16.2. The average Bonchev–Trinajstić information content (AvgIpc) is 2.37. The van der Waals surface area contributed by atoms with Crippen molar-refractivity contribution in [1.82, 2.24) is 4.31 Å². The van der Waals surface area contributed by atoms with Crippen LogP contribution in [0.15, 0.2) is 23.1 Å². The minimum absolute atomic E-state index is 0.478. The molecule has 0 aliphatic rings. The van der Waals surface area contributed by atoms with E-state index in [1.807, 2.05) is 5.92 Å². The van der Waals surface area contributed by atoms with Crippen LogP contribution in [-0.4, -0.2) is 46.9 Å². The number of terminal acetylenes is 1. The van der Waals surface area contributed by atoms with Crippen molar-refractivity contribution >= 4 is 21.7 Å². The van der Waals surface area contributed by atoms with E-state index < -0.39 is 50.3 Å². The predicted molar refractivity (Wildman–Crippen MR) is 70.0 cm³/mol. The van der Waals surface area contributed by atoms with E-state index in [9.17, 15) is 28.4 Å². The molecule has 0 heterocycles. The van der Waals surface area contributed by atoms with Gasteiger partial charge in [-0.15, -0.1) is 6.42 Å². The smallest absolute Gasteiger partial charge is 0.318 e. The fourth-order valence-corrected chi connectivity index (χ4v) is 2.76. The highest BCUT2D eigenvalue weighted by atomic mass is 32.2. The Kier molecular flexibility index (Phi) is 4.85. The standard InChI is InChI=1S/C11H10N2O7S/c1-2-5-12(7-11(15)16)21(19,20)8-3-4-10(14)9(6-8)13(17)18/h1,3-4,6,14H,5,7H2,(H,15,16). The lowest BCUT2D eigenvalue weighted by Crippen LogP contribution is -2.36. The highest BCUT2D eigenvalue weighted by Crippen LogP contribution is 2.29. The van der Waals surface area contributed by atoms with Gasteiger partial charge < -0.3 is 10.2 Å². The molecule has 21 heavy (non-hydrogen) atoms. The highest BCUT2D eigenvalue weighted by molar-refractivity contribution is 7.89. The molecule has 0 radical (unpaired) electrons. The summed E-state index contributed by atoms with van der Waals surface area (Å²) in [7, 11) is -4.34. The first-order valence-electron chi connectivity index (χ1n) is 5.33. The van der Waals surface area contributed by atoms with Crippen molar-refractivity contribution < 1.29 is 28.3 Å². The minimum Gasteiger partial charge on any atom is -0.502 e. The molecule has 0 aromatic heterocycles. The molecule has 0 saturated heterocycles. The number of phenols is 1. The lowest BCUT2D eigenvalue weighted by Gasteiger charge is -2.17. The molecule has 1 rings (SSSR count). The van der Waals surface area contributed by atoms with Crippen LogP contribution < -0.4 is 0 Å². The van der Waals surface area contributed by atoms with E-state index in [1.54, 1.807) is 0 Å². The summed E-state index contributed by atoms with van der Waals surface area (Å²) in [5.74, 6) is -0.138. The summed E-state index contributed by atoms with van der Waals surface area (Å²) in [5, 5.41) is 28.7. The molecule has 2 N–H and O–H groups in total. The van der Waals surface area contributed by atoms with E-state index in [2.05, 4.69) is 0 Å². The van der Waals surface area contributed by atoms with E-state index in [0.29, 0.717) is 10.4 Å².